The summed E-state index contributed by atoms with van der Waals surface area (Å²) >= 11 is 0. The third-order valence-electron chi connectivity index (χ3n) is 6.23. The fourth-order valence-corrected chi connectivity index (χ4v) is 4.58. The molecule has 2 saturated carbocycles. The van der Waals surface area contributed by atoms with E-state index in [0.29, 0.717) is 5.92 Å². The average Bonchev–Trinajstić information content (AvgIpc) is 2.56. The van der Waals surface area contributed by atoms with Crippen LogP contribution in [0.1, 0.15) is 64.2 Å². The van der Waals surface area contributed by atoms with Crippen molar-refractivity contribution in [2.24, 2.45) is 29.4 Å². The van der Waals surface area contributed by atoms with Crippen LogP contribution in [0.25, 0.3) is 0 Å². The molecular weight excluding hydrogens is 274 g/mol. The lowest BCUT2D eigenvalue weighted by molar-refractivity contribution is -0.0345. The third kappa shape index (κ3) is 4.56. The summed E-state index contributed by atoms with van der Waals surface area (Å²) in [4.78, 5) is 0. The fraction of sp³-hybridized carbons (Fsp3) is 0.895. The summed E-state index contributed by atoms with van der Waals surface area (Å²) in [5.41, 5.74) is 5.82. The topological polar surface area (TPSA) is 55.5 Å². The highest BCUT2D eigenvalue weighted by Crippen LogP contribution is 2.38. The van der Waals surface area contributed by atoms with Gasteiger partial charge in [0.1, 0.15) is 6.23 Å². The van der Waals surface area contributed by atoms with Gasteiger partial charge in [0.25, 0.3) is 0 Å². The summed E-state index contributed by atoms with van der Waals surface area (Å²) in [5, 5.41) is 9.57. The lowest BCUT2D eigenvalue weighted by Crippen LogP contribution is -2.36. The van der Waals surface area contributed by atoms with E-state index in [1.807, 2.05) is 0 Å². The maximum Gasteiger partial charge on any atom is 0.105 e. The maximum absolute atomic E-state index is 9.57. The molecule has 3 nitrogen and oxygen atoms in total. The van der Waals surface area contributed by atoms with Gasteiger partial charge in [-0.15, -0.1) is 0 Å². The van der Waals surface area contributed by atoms with Crippen molar-refractivity contribution in [2.75, 3.05) is 6.61 Å². The molecule has 1 aliphatic heterocycles. The van der Waals surface area contributed by atoms with Gasteiger partial charge in [-0.2, -0.15) is 0 Å². The standard InChI is InChI=1S/C19H33NO2/c20-19-12-9-17(13-22-19)16-7-3-14(4-8-16)1-2-15-5-10-18(21)11-6-15/h1-2,14-19,21H,3-13,20H2/b2-1+. The van der Waals surface area contributed by atoms with Crippen LogP contribution in [0.4, 0.5) is 0 Å². The Hall–Kier alpha value is -0.380. The minimum Gasteiger partial charge on any atom is -0.393 e. The van der Waals surface area contributed by atoms with Crippen molar-refractivity contribution in [3.8, 4) is 0 Å². The highest BCUT2D eigenvalue weighted by Gasteiger charge is 2.30. The largest absolute Gasteiger partial charge is 0.393 e. The Morgan fingerprint density at radius 1 is 0.727 bits per heavy atom. The van der Waals surface area contributed by atoms with Crippen molar-refractivity contribution in [1.29, 1.82) is 0 Å². The number of nitrogens with two attached hydrogens (primary N) is 1. The van der Waals surface area contributed by atoms with E-state index in [-0.39, 0.29) is 12.3 Å². The minimum atomic E-state index is -0.0362. The predicted octanol–water partition coefficient (Wildman–Crippen LogP) is 3.61. The number of aliphatic hydroxyl groups is 1. The normalized spacial score (nSPS) is 44.3. The van der Waals surface area contributed by atoms with Crippen molar-refractivity contribution < 1.29 is 9.84 Å². The van der Waals surface area contributed by atoms with Crippen molar-refractivity contribution >= 4 is 0 Å². The van der Waals surface area contributed by atoms with E-state index in [1.54, 1.807) is 0 Å². The zero-order chi connectivity index (χ0) is 15.4. The molecule has 0 spiro atoms. The molecule has 0 aromatic carbocycles. The molecule has 0 bridgehead atoms. The van der Waals surface area contributed by atoms with Gasteiger partial charge in [-0.3, -0.25) is 0 Å². The van der Waals surface area contributed by atoms with E-state index in [4.69, 9.17) is 10.5 Å². The summed E-state index contributed by atoms with van der Waals surface area (Å²) < 4.78 is 5.65. The number of hydrogen-bond donors (Lipinski definition) is 2. The Morgan fingerprint density at radius 3 is 1.82 bits per heavy atom. The van der Waals surface area contributed by atoms with Crippen LogP contribution in [0, 0.1) is 23.7 Å². The summed E-state index contributed by atoms with van der Waals surface area (Å²) in [5.74, 6) is 3.12. The lowest BCUT2D eigenvalue weighted by atomic mass is 9.73. The first-order chi connectivity index (χ1) is 10.7. The van der Waals surface area contributed by atoms with Gasteiger partial charge in [-0.05, 0) is 87.9 Å². The van der Waals surface area contributed by atoms with Crippen molar-refractivity contribution in [1.82, 2.24) is 0 Å². The van der Waals surface area contributed by atoms with E-state index in [2.05, 4.69) is 12.2 Å². The van der Waals surface area contributed by atoms with E-state index in [0.717, 1.165) is 43.6 Å². The highest BCUT2D eigenvalue weighted by atomic mass is 16.5. The molecule has 0 aromatic rings. The highest BCUT2D eigenvalue weighted by molar-refractivity contribution is 4.96. The molecular formula is C19H33NO2. The van der Waals surface area contributed by atoms with Crippen LogP contribution in [0.2, 0.25) is 0 Å². The van der Waals surface area contributed by atoms with Crippen LogP contribution in [0.3, 0.4) is 0 Å². The number of rotatable bonds is 3. The fourth-order valence-electron chi connectivity index (χ4n) is 4.58. The van der Waals surface area contributed by atoms with Crippen LogP contribution < -0.4 is 5.73 Å². The van der Waals surface area contributed by atoms with Crippen LogP contribution in [-0.4, -0.2) is 24.0 Å². The van der Waals surface area contributed by atoms with E-state index in [9.17, 15) is 5.11 Å². The van der Waals surface area contributed by atoms with Crippen LogP contribution in [-0.2, 0) is 4.74 Å². The molecule has 3 aliphatic rings. The molecule has 0 amide bonds. The van der Waals surface area contributed by atoms with Crippen LogP contribution in [0.5, 0.6) is 0 Å². The first kappa shape index (κ1) is 16.5. The van der Waals surface area contributed by atoms with Gasteiger partial charge >= 0.3 is 0 Å². The summed E-state index contributed by atoms with van der Waals surface area (Å²) in [6.45, 7) is 0.886. The molecule has 3 rings (SSSR count). The molecule has 3 heteroatoms. The molecule has 3 fully saturated rings. The van der Waals surface area contributed by atoms with Crippen molar-refractivity contribution in [3.05, 3.63) is 12.2 Å². The first-order valence-corrected chi connectivity index (χ1v) is 9.44. The molecule has 1 heterocycles. The minimum absolute atomic E-state index is 0.00969. The smallest absolute Gasteiger partial charge is 0.105 e. The maximum atomic E-state index is 9.57. The van der Waals surface area contributed by atoms with Gasteiger partial charge < -0.3 is 15.6 Å². The monoisotopic (exact) mass is 307 g/mol. The summed E-state index contributed by atoms with van der Waals surface area (Å²) in [6, 6.07) is 0. The number of allylic oxidation sites excluding steroid dienone is 2. The van der Waals surface area contributed by atoms with Crippen molar-refractivity contribution in [2.45, 2.75) is 76.5 Å². The zero-order valence-electron chi connectivity index (χ0n) is 13.8. The van der Waals surface area contributed by atoms with Crippen molar-refractivity contribution in [3.63, 3.8) is 0 Å². The first-order valence-electron chi connectivity index (χ1n) is 9.44. The van der Waals surface area contributed by atoms with Crippen LogP contribution >= 0.6 is 0 Å². The Bertz CT molecular complexity index is 346. The summed E-state index contributed by atoms with van der Waals surface area (Å²) in [6.07, 6.45) is 17.0. The molecule has 2 aliphatic carbocycles. The molecule has 0 aromatic heterocycles. The second kappa shape index (κ2) is 7.94. The molecule has 2 atom stereocenters. The van der Waals surface area contributed by atoms with E-state index < -0.39 is 0 Å². The lowest BCUT2D eigenvalue weighted by Gasteiger charge is -2.36. The van der Waals surface area contributed by atoms with Gasteiger partial charge in [-0.25, -0.2) is 0 Å². The molecule has 3 N–H and O–H groups in total. The van der Waals surface area contributed by atoms with Gasteiger partial charge in [0, 0.05) is 0 Å². The Balaban J connectivity index is 1.38. The number of aliphatic hydroxyl groups excluding tert-OH is 1. The van der Waals surface area contributed by atoms with Crippen LogP contribution in [0.15, 0.2) is 12.2 Å². The van der Waals surface area contributed by atoms with Gasteiger partial charge in [0.15, 0.2) is 0 Å². The zero-order valence-corrected chi connectivity index (χ0v) is 13.8. The molecule has 2 unspecified atom stereocenters. The Kier molecular flexibility index (Phi) is 5.95. The SMILES string of the molecule is NC1CCC(C2CCC(/C=C/C3CCC(O)CC3)CC2)CO1. The molecule has 1 saturated heterocycles. The Morgan fingerprint density at radius 2 is 1.27 bits per heavy atom. The van der Waals surface area contributed by atoms with Gasteiger partial charge in [-0.1, -0.05) is 12.2 Å². The van der Waals surface area contributed by atoms with Gasteiger partial charge in [0.05, 0.1) is 12.7 Å². The second-order valence-electron chi connectivity index (χ2n) is 7.84. The second-order valence-corrected chi connectivity index (χ2v) is 7.84. The summed E-state index contributed by atoms with van der Waals surface area (Å²) in [7, 11) is 0. The third-order valence-corrected chi connectivity index (χ3v) is 6.23. The number of ether oxygens (including phenoxy) is 1. The van der Waals surface area contributed by atoms with E-state index >= 15 is 0 Å². The van der Waals surface area contributed by atoms with Gasteiger partial charge in [0.2, 0.25) is 0 Å². The Labute approximate surface area is 135 Å². The molecule has 126 valence electrons. The predicted molar refractivity (Wildman–Crippen MR) is 89.2 cm³/mol. The quantitative estimate of drug-likeness (QED) is 0.783. The molecule has 0 radical (unpaired) electrons. The van der Waals surface area contributed by atoms with E-state index in [1.165, 1.54) is 44.9 Å². The average molecular weight is 307 g/mol. The number of hydrogen-bond acceptors (Lipinski definition) is 3. The molecule has 22 heavy (non-hydrogen) atoms.